The first-order valence-corrected chi connectivity index (χ1v) is 8.65. The fourth-order valence-corrected chi connectivity index (χ4v) is 3.67. The number of hydrogen-bond donors (Lipinski definition) is 3. The van der Waals surface area contributed by atoms with Gasteiger partial charge in [-0.15, -0.1) is 0 Å². The average Bonchev–Trinajstić information content (AvgIpc) is 2.85. The Kier molecular flexibility index (Phi) is 5.15. The lowest BCUT2D eigenvalue weighted by molar-refractivity contribution is -0.946. The van der Waals surface area contributed by atoms with Crippen molar-refractivity contribution in [3.8, 4) is 0 Å². The van der Waals surface area contributed by atoms with Crippen molar-refractivity contribution < 1.29 is 29.3 Å². The van der Waals surface area contributed by atoms with Crippen LogP contribution in [0.3, 0.4) is 0 Å². The maximum absolute atomic E-state index is 14.3. The van der Waals surface area contributed by atoms with E-state index in [1.807, 2.05) is 0 Å². The summed E-state index contributed by atoms with van der Waals surface area (Å²) in [5.41, 5.74) is 0.226. The number of ketones is 1. The number of nitrogens with zero attached hydrogens (tertiary/aromatic N) is 1. The highest BCUT2D eigenvalue weighted by Gasteiger charge is 2.43. The number of aliphatic hydroxyl groups excluding tert-OH is 1. The molecule has 0 bridgehead atoms. The second kappa shape index (κ2) is 7.33. The highest BCUT2D eigenvalue weighted by atomic mass is 19.1. The zero-order chi connectivity index (χ0) is 18.0. The summed E-state index contributed by atoms with van der Waals surface area (Å²) >= 11 is 0. The number of Topliss-reactive ketones (excluding diaryl/α,β-unsaturated/α-hetero) is 1. The SMILES string of the molecule is CC(=O)C1=C(O)C(=O)N(CC[NH+]2CC[NH2+]CC2)[C@@H]1c1ccccc1F. The largest absolute Gasteiger partial charge is 0.503 e. The number of benzene rings is 1. The van der Waals surface area contributed by atoms with Gasteiger partial charge >= 0.3 is 0 Å². The first-order chi connectivity index (χ1) is 12.0. The van der Waals surface area contributed by atoms with Crippen molar-refractivity contribution in [3.63, 3.8) is 0 Å². The molecule has 1 amide bonds. The number of carbonyl (C=O) groups is 2. The van der Waals surface area contributed by atoms with Crippen LogP contribution in [-0.2, 0) is 9.59 Å². The minimum atomic E-state index is -0.859. The molecule has 25 heavy (non-hydrogen) atoms. The monoisotopic (exact) mass is 349 g/mol. The van der Waals surface area contributed by atoms with Crippen LogP contribution in [0.2, 0.25) is 0 Å². The molecule has 1 aromatic carbocycles. The van der Waals surface area contributed by atoms with Gasteiger partial charge in [0.15, 0.2) is 11.5 Å². The predicted octanol–water partition coefficient (Wildman–Crippen LogP) is -1.43. The quantitative estimate of drug-likeness (QED) is 0.610. The molecule has 0 radical (unpaired) electrons. The molecule has 1 atom stereocenters. The third-order valence-corrected chi connectivity index (χ3v) is 4.99. The van der Waals surface area contributed by atoms with E-state index in [1.54, 1.807) is 18.2 Å². The zero-order valence-corrected chi connectivity index (χ0v) is 14.3. The second-order valence-electron chi connectivity index (χ2n) is 6.61. The molecule has 1 aromatic rings. The molecule has 2 aliphatic heterocycles. The van der Waals surface area contributed by atoms with Crippen LogP contribution in [0.4, 0.5) is 4.39 Å². The van der Waals surface area contributed by atoms with Gasteiger partial charge in [-0.2, -0.15) is 0 Å². The van der Waals surface area contributed by atoms with Gasteiger partial charge < -0.3 is 20.2 Å². The van der Waals surface area contributed by atoms with Gasteiger partial charge in [0.25, 0.3) is 5.91 Å². The third-order valence-electron chi connectivity index (χ3n) is 4.99. The Morgan fingerprint density at radius 2 is 2.04 bits per heavy atom. The van der Waals surface area contributed by atoms with E-state index >= 15 is 0 Å². The van der Waals surface area contributed by atoms with Crippen LogP contribution in [0.5, 0.6) is 0 Å². The molecule has 0 aromatic heterocycles. The summed E-state index contributed by atoms with van der Waals surface area (Å²) in [6, 6.07) is 5.23. The van der Waals surface area contributed by atoms with E-state index in [9.17, 15) is 19.1 Å². The first-order valence-electron chi connectivity index (χ1n) is 8.65. The third kappa shape index (κ3) is 3.43. The summed E-state index contributed by atoms with van der Waals surface area (Å²) in [4.78, 5) is 27.3. The number of halogens is 1. The maximum atomic E-state index is 14.3. The van der Waals surface area contributed by atoms with Crippen molar-refractivity contribution in [2.24, 2.45) is 0 Å². The van der Waals surface area contributed by atoms with Gasteiger partial charge in [-0.1, -0.05) is 18.2 Å². The molecule has 1 fully saturated rings. The number of amides is 1. The number of quaternary nitrogens is 2. The highest BCUT2D eigenvalue weighted by Crippen LogP contribution is 2.38. The van der Waals surface area contributed by atoms with Gasteiger partial charge in [0.05, 0.1) is 24.7 Å². The Labute approximate surface area is 145 Å². The zero-order valence-electron chi connectivity index (χ0n) is 14.3. The molecule has 3 rings (SSSR count). The summed E-state index contributed by atoms with van der Waals surface area (Å²) in [5.74, 6) is -2.05. The fourth-order valence-electron chi connectivity index (χ4n) is 3.67. The number of hydrogen-bond acceptors (Lipinski definition) is 3. The Balaban J connectivity index is 1.88. The van der Waals surface area contributed by atoms with E-state index in [0.29, 0.717) is 13.1 Å². The van der Waals surface area contributed by atoms with E-state index in [2.05, 4.69) is 5.32 Å². The number of piperazine rings is 1. The first kappa shape index (κ1) is 17.6. The van der Waals surface area contributed by atoms with Crippen molar-refractivity contribution in [3.05, 3.63) is 47.0 Å². The van der Waals surface area contributed by atoms with Crippen LogP contribution in [0.1, 0.15) is 18.5 Å². The minimum Gasteiger partial charge on any atom is -0.503 e. The lowest BCUT2D eigenvalue weighted by Gasteiger charge is -2.29. The van der Waals surface area contributed by atoms with Gasteiger partial charge in [0.1, 0.15) is 32.0 Å². The van der Waals surface area contributed by atoms with Crippen LogP contribution in [-0.4, -0.2) is 61.0 Å². The van der Waals surface area contributed by atoms with Gasteiger partial charge in [0, 0.05) is 5.56 Å². The molecule has 0 unspecified atom stereocenters. The molecule has 2 aliphatic rings. The number of nitrogens with one attached hydrogen (secondary N) is 1. The standard InChI is InChI=1S/C18H22FN3O3/c1-12(23)15-16(13-4-2-3-5-14(13)19)22(18(25)17(15)24)11-10-21-8-6-20-7-9-21/h2-5,16,20,24H,6-11H2,1H3/p+2/t16-/m1/s1. The van der Waals surface area contributed by atoms with Crippen molar-refractivity contribution in [1.29, 1.82) is 0 Å². The number of nitrogens with two attached hydrogens (primary N) is 1. The Hall–Kier alpha value is -2.25. The van der Waals surface area contributed by atoms with E-state index in [0.717, 1.165) is 26.2 Å². The maximum Gasteiger partial charge on any atom is 0.290 e. The molecular formula is C18H24FN3O3+2. The van der Waals surface area contributed by atoms with Gasteiger partial charge in [-0.05, 0) is 13.0 Å². The Morgan fingerprint density at radius 3 is 2.68 bits per heavy atom. The molecule has 2 heterocycles. The normalized spacial score (nSPS) is 21.9. The van der Waals surface area contributed by atoms with Crippen LogP contribution in [0.15, 0.2) is 35.6 Å². The molecule has 0 saturated carbocycles. The van der Waals surface area contributed by atoms with Crippen LogP contribution < -0.4 is 10.2 Å². The molecule has 0 aliphatic carbocycles. The van der Waals surface area contributed by atoms with E-state index in [-0.39, 0.29) is 11.1 Å². The van der Waals surface area contributed by atoms with Crippen molar-refractivity contribution >= 4 is 11.7 Å². The van der Waals surface area contributed by atoms with Crippen LogP contribution in [0, 0.1) is 5.82 Å². The highest BCUT2D eigenvalue weighted by molar-refractivity contribution is 6.08. The molecule has 0 spiro atoms. The summed E-state index contributed by atoms with van der Waals surface area (Å²) in [6.45, 7) is 6.47. The van der Waals surface area contributed by atoms with E-state index < -0.39 is 29.3 Å². The summed E-state index contributed by atoms with van der Waals surface area (Å²) in [6.07, 6.45) is 0. The minimum absolute atomic E-state index is 0.0166. The molecule has 134 valence electrons. The van der Waals surface area contributed by atoms with Crippen LogP contribution >= 0.6 is 0 Å². The van der Waals surface area contributed by atoms with Crippen LogP contribution in [0.25, 0.3) is 0 Å². The van der Waals surface area contributed by atoms with E-state index in [1.165, 1.54) is 22.8 Å². The molecule has 1 saturated heterocycles. The van der Waals surface area contributed by atoms with Gasteiger partial charge in [-0.25, -0.2) is 4.39 Å². The Bertz CT molecular complexity index is 713. The topological polar surface area (TPSA) is 78.7 Å². The molecular weight excluding hydrogens is 325 g/mol. The van der Waals surface area contributed by atoms with Gasteiger partial charge in [0.2, 0.25) is 0 Å². The lowest BCUT2D eigenvalue weighted by atomic mass is 9.96. The molecule has 6 nitrogen and oxygen atoms in total. The van der Waals surface area contributed by atoms with E-state index in [4.69, 9.17) is 0 Å². The number of rotatable bonds is 5. The molecule has 4 N–H and O–H groups in total. The van der Waals surface area contributed by atoms with Crippen molar-refractivity contribution in [2.45, 2.75) is 13.0 Å². The second-order valence-corrected chi connectivity index (χ2v) is 6.61. The van der Waals surface area contributed by atoms with Gasteiger partial charge in [-0.3, -0.25) is 9.59 Å². The average molecular weight is 349 g/mol. The Morgan fingerprint density at radius 1 is 1.36 bits per heavy atom. The summed E-state index contributed by atoms with van der Waals surface area (Å²) in [5, 5.41) is 12.4. The summed E-state index contributed by atoms with van der Waals surface area (Å²) in [7, 11) is 0. The summed E-state index contributed by atoms with van der Waals surface area (Å²) < 4.78 is 14.3. The molecule has 7 heteroatoms. The number of carbonyl (C=O) groups excluding carboxylic acids is 2. The lowest BCUT2D eigenvalue weighted by Crippen LogP contribution is -3.20. The van der Waals surface area contributed by atoms with Crippen molar-refractivity contribution in [2.75, 3.05) is 39.3 Å². The van der Waals surface area contributed by atoms with Crippen molar-refractivity contribution in [1.82, 2.24) is 4.90 Å². The predicted molar refractivity (Wildman–Crippen MR) is 88.4 cm³/mol. The smallest absolute Gasteiger partial charge is 0.290 e. The fraction of sp³-hybridized carbons (Fsp3) is 0.444. The number of aliphatic hydroxyl groups is 1.